The highest BCUT2D eigenvalue weighted by atomic mass is 16.5. The molecule has 1 aromatic carbocycles. The first-order valence-electron chi connectivity index (χ1n) is 8.26. The molecular formula is C19H21N3O3. The van der Waals surface area contributed by atoms with Gasteiger partial charge in [0, 0.05) is 25.5 Å². The predicted molar refractivity (Wildman–Crippen MR) is 92.8 cm³/mol. The molecule has 3 aromatic rings. The van der Waals surface area contributed by atoms with Gasteiger partial charge in [-0.15, -0.1) is 0 Å². The number of ether oxygens (including phenoxy) is 1. The summed E-state index contributed by atoms with van der Waals surface area (Å²) >= 11 is 0. The number of rotatable bonds is 9. The van der Waals surface area contributed by atoms with E-state index >= 15 is 0 Å². The van der Waals surface area contributed by atoms with Crippen molar-refractivity contribution in [2.75, 3.05) is 13.2 Å². The van der Waals surface area contributed by atoms with Crippen LogP contribution in [0.4, 0.5) is 0 Å². The summed E-state index contributed by atoms with van der Waals surface area (Å²) in [4.78, 5) is 12.6. The van der Waals surface area contributed by atoms with Crippen molar-refractivity contribution in [2.45, 2.75) is 19.1 Å². The number of hydrogen-bond acceptors (Lipinski definition) is 4. The van der Waals surface area contributed by atoms with Gasteiger partial charge in [0.15, 0.2) is 6.04 Å². The average Bonchev–Trinajstić information content (AvgIpc) is 3.33. The highest BCUT2D eigenvalue weighted by Gasteiger charge is 2.22. The van der Waals surface area contributed by atoms with Crippen molar-refractivity contribution in [2.24, 2.45) is 0 Å². The lowest BCUT2D eigenvalue weighted by atomic mass is 10.1. The average molecular weight is 339 g/mol. The second-order valence-electron chi connectivity index (χ2n) is 5.58. The van der Waals surface area contributed by atoms with E-state index in [0.717, 1.165) is 17.7 Å². The number of furan rings is 1. The fourth-order valence-electron chi connectivity index (χ4n) is 2.54. The Morgan fingerprint density at radius 1 is 1.20 bits per heavy atom. The molecule has 1 amide bonds. The van der Waals surface area contributed by atoms with Gasteiger partial charge in [0.05, 0.1) is 6.26 Å². The van der Waals surface area contributed by atoms with E-state index in [1.807, 2.05) is 48.5 Å². The molecule has 2 aromatic heterocycles. The number of nitrogens with one attached hydrogen (secondary N) is 1. The topological polar surface area (TPSA) is 69.3 Å². The van der Waals surface area contributed by atoms with E-state index in [9.17, 15) is 4.79 Å². The van der Waals surface area contributed by atoms with Crippen molar-refractivity contribution in [3.63, 3.8) is 0 Å². The predicted octanol–water partition coefficient (Wildman–Crippen LogP) is 2.79. The summed E-state index contributed by atoms with van der Waals surface area (Å²) in [5.41, 5.74) is 0.901. The minimum Gasteiger partial charge on any atom is -0.467 e. The van der Waals surface area contributed by atoms with E-state index in [4.69, 9.17) is 9.15 Å². The zero-order valence-corrected chi connectivity index (χ0v) is 13.9. The molecule has 1 atom stereocenters. The van der Waals surface area contributed by atoms with Gasteiger partial charge in [-0.1, -0.05) is 30.3 Å². The van der Waals surface area contributed by atoms with Crippen molar-refractivity contribution in [1.29, 1.82) is 0 Å². The van der Waals surface area contributed by atoms with Gasteiger partial charge in [0.25, 0.3) is 0 Å². The van der Waals surface area contributed by atoms with Crippen LogP contribution in [0.3, 0.4) is 0 Å². The van der Waals surface area contributed by atoms with Crippen LogP contribution in [0.1, 0.15) is 23.8 Å². The van der Waals surface area contributed by atoms with Crippen LogP contribution in [0.15, 0.2) is 71.6 Å². The Morgan fingerprint density at radius 2 is 2.08 bits per heavy atom. The molecule has 0 aliphatic heterocycles. The number of benzene rings is 1. The highest BCUT2D eigenvalue weighted by molar-refractivity contribution is 5.83. The van der Waals surface area contributed by atoms with Crippen LogP contribution >= 0.6 is 0 Å². The number of carbonyl (C=O) groups excluding carboxylic acids is 1. The van der Waals surface area contributed by atoms with Crippen molar-refractivity contribution >= 4 is 5.91 Å². The van der Waals surface area contributed by atoms with Gasteiger partial charge in [-0.2, -0.15) is 5.10 Å². The maximum atomic E-state index is 12.6. The Labute approximate surface area is 146 Å². The maximum Gasteiger partial charge on any atom is 0.249 e. The third-order valence-corrected chi connectivity index (χ3v) is 3.74. The highest BCUT2D eigenvalue weighted by Crippen LogP contribution is 2.17. The first-order valence-corrected chi connectivity index (χ1v) is 8.26. The summed E-state index contributed by atoms with van der Waals surface area (Å²) in [6.45, 7) is 1.54. The summed E-state index contributed by atoms with van der Waals surface area (Å²) < 4.78 is 12.4. The van der Waals surface area contributed by atoms with Crippen LogP contribution < -0.4 is 5.32 Å². The van der Waals surface area contributed by atoms with E-state index in [1.165, 1.54) is 0 Å². The van der Waals surface area contributed by atoms with Gasteiger partial charge in [-0.25, -0.2) is 0 Å². The molecule has 0 bridgehead atoms. The largest absolute Gasteiger partial charge is 0.467 e. The molecule has 6 nitrogen and oxygen atoms in total. The first kappa shape index (κ1) is 17.0. The molecule has 0 aliphatic rings. The summed E-state index contributed by atoms with van der Waals surface area (Å²) in [5.74, 6) is 0.716. The molecule has 25 heavy (non-hydrogen) atoms. The van der Waals surface area contributed by atoms with Crippen LogP contribution in [0.25, 0.3) is 0 Å². The number of hydrogen-bond donors (Lipinski definition) is 1. The van der Waals surface area contributed by atoms with Crippen molar-refractivity contribution in [1.82, 2.24) is 15.1 Å². The molecule has 6 heteroatoms. The molecule has 0 saturated carbocycles. The number of amides is 1. The smallest absolute Gasteiger partial charge is 0.249 e. The Kier molecular flexibility index (Phi) is 6.01. The minimum atomic E-state index is -0.472. The summed E-state index contributed by atoms with van der Waals surface area (Å²) in [5, 5.41) is 7.18. The Balaban J connectivity index is 1.48. The maximum absolute atomic E-state index is 12.6. The van der Waals surface area contributed by atoms with Crippen LogP contribution in [-0.4, -0.2) is 28.8 Å². The fraction of sp³-hybridized carbons (Fsp3) is 0.263. The Morgan fingerprint density at radius 3 is 2.80 bits per heavy atom. The normalized spacial score (nSPS) is 12.0. The van der Waals surface area contributed by atoms with Gasteiger partial charge < -0.3 is 14.5 Å². The molecule has 0 saturated heterocycles. The van der Waals surface area contributed by atoms with E-state index in [-0.39, 0.29) is 5.91 Å². The van der Waals surface area contributed by atoms with Crippen molar-refractivity contribution in [3.8, 4) is 0 Å². The standard InChI is InChI=1S/C19H21N3O3/c23-19(20-10-6-13-24-15-17-9-4-14-25-17)18(22-12-5-11-21-22)16-7-2-1-3-8-16/h1-5,7-9,11-12,14,18H,6,10,13,15H2,(H,20,23)/t18-/m1/s1. The molecule has 0 aliphatic carbocycles. The third kappa shape index (κ3) is 4.81. The van der Waals surface area contributed by atoms with Gasteiger partial charge in [-0.05, 0) is 30.2 Å². The number of carbonyl (C=O) groups is 1. The zero-order chi connectivity index (χ0) is 17.3. The SMILES string of the molecule is O=C(NCCCOCc1ccco1)[C@@H](c1ccccc1)n1cccn1. The molecule has 0 unspecified atom stereocenters. The van der Waals surface area contributed by atoms with Crippen LogP contribution in [0, 0.1) is 0 Å². The molecular weight excluding hydrogens is 318 g/mol. The van der Waals surface area contributed by atoms with Gasteiger partial charge in [0.1, 0.15) is 12.4 Å². The molecule has 2 heterocycles. The Hall–Kier alpha value is -2.86. The molecule has 130 valence electrons. The third-order valence-electron chi connectivity index (χ3n) is 3.74. The van der Waals surface area contributed by atoms with E-state index in [1.54, 1.807) is 23.3 Å². The molecule has 1 N–H and O–H groups in total. The minimum absolute atomic E-state index is 0.0825. The summed E-state index contributed by atoms with van der Waals surface area (Å²) in [7, 11) is 0. The molecule has 0 radical (unpaired) electrons. The lowest BCUT2D eigenvalue weighted by Crippen LogP contribution is -2.34. The van der Waals surface area contributed by atoms with E-state index in [0.29, 0.717) is 19.8 Å². The first-order chi connectivity index (χ1) is 12.3. The van der Waals surface area contributed by atoms with Gasteiger partial charge >= 0.3 is 0 Å². The van der Waals surface area contributed by atoms with Crippen LogP contribution in [0.5, 0.6) is 0 Å². The van der Waals surface area contributed by atoms with Gasteiger partial charge in [-0.3, -0.25) is 9.48 Å². The summed E-state index contributed by atoms with van der Waals surface area (Å²) in [6, 6.07) is 14.7. The number of nitrogens with zero attached hydrogens (tertiary/aromatic N) is 2. The van der Waals surface area contributed by atoms with Crippen molar-refractivity contribution < 1.29 is 13.9 Å². The molecule has 0 spiro atoms. The van der Waals surface area contributed by atoms with Crippen LogP contribution in [0.2, 0.25) is 0 Å². The lowest BCUT2D eigenvalue weighted by molar-refractivity contribution is -0.123. The second kappa shape index (κ2) is 8.84. The van der Waals surface area contributed by atoms with Crippen molar-refractivity contribution in [3.05, 3.63) is 78.5 Å². The lowest BCUT2D eigenvalue weighted by Gasteiger charge is -2.17. The second-order valence-corrected chi connectivity index (χ2v) is 5.58. The van der Waals surface area contributed by atoms with E-state index in [2.05, 4.69) is 10.4 Å². The zero-order valence-electron chi connectivity index (χ0n) is 13.9. The van der Waals surface area contributed by atoms with Crippen LogP contribution in [-0.2, 0) is 16.1 Å². The fourth-order valence-corrected chi connectivity index (χ4v) is 2.54. The quantitative estimate of drug-likeness (QED) is 0.609. The molecule has 0 fully saturated rings. The summed E-state index contributed by atoms with van der Waals surface area (Å²) in [6.07, 6.45) is 5.82. The number of aromatic nitrogens is 2. The Bertz CT molecular complexity index is 740. The van der Waals surface area contributed by atoms with E-state index < -0.39 is 6.04 Å². The monoisotopic (exact) mass is 339 g/mol. The molecule has 3 rings (SSSR count). The van der Waals surface area contributed by atoms with Gasteiger partial charge in [0.2, 0.25) is 5.91 Å².